The molecule has 350 valence electrons. The summed E-state index contributed by atoms with van der Waals surface area (Å²) in [5, 5.41) is 0. The molecular formula is C49H96NO8P. The van der Waals surface area contributed by atoms with Gasteiger partial charge in [0.15, 0.2) is 6.10 Å². The topological polar surface area (TPSA) is 111 Å². The molecule has 0 fully saturated rings. The fourth-order valence-electron chi connectivity index (χ4n) is 7.12. The van der Waals surface area contributed by atoms with E-state index in [2.05, 4.69) is 26.0 Å². The number of carbonyl (C=O) groups is 2. The van der Waals surface area contributed by atoms with E-state index in [1.807, 2.05) is 21.1 Å². The third-order valence-corrected chi connectivity index (χ3v) is 12.0. The zero-order chi connectivity index (χ0) is 43.6. The molecule has 0 amide bonds. The molecule has 0 aromatic heterocycles. The summed E-state index contributed by atoms with van der Waals surface area (Å²) in [6, 6.07) is 0. The molecule has 0 aliphatic carbocycles. The van der Waals surface area contributed by atoms with Gasteiger partial charge >= 0.3 is 11.9 Å². The van der Waals surface area contributed by atoms with Crippen molar-refractivity contribution in [3.8, 4) is 0 Å². The quantitative estimate of drug-likeness (QED) is 0.0196. The van der Waals surface area contributed by atoms with Crippen molar-refractivity contribution < 1.29 is 42.1 Å². The van der Waals surface area contributed by atoms with Crippen molar-refractivity contribution in [1.82, 2.24) is 0 Å². The Balaban J connectivity index is 4.23. The summed E-state index contributed by atoms with van der Waals surface area (Å²) in [7, 11) is 1.18. The minimum absolute atomic E-state index is 0.0278. The monoisotopic (exact) mass is 858 g/mol. The van der Waals surface area contributed by atoms with Gasteiger partial charge in [-0.15, -0.1) is 0 Å². The second kappa shape index (κ2) is 42.1. The highest BCUT2D eigenvalue weighted by molar-refractivity contribution is 7.45. The Hall–Kier alpha value is -1.25. The number of esters is 2. The van der Waals surface area contributed by atoms with E-state index in [9.17, 15) is 19.0 Å². The maximum absolute atomic E-state index is 12.7. The zero-order valence-corrected chi connectivity index (χ0v) is 40.4. The molecule has 0 aliphatic heterocycles. The molecule has 0 saturated carbocycles. The van der Waals surface area contributed by atoms with Crippen LogP contribution in [-0.4, -0.2) is 70.0 Å². The number of nitrogens with zero attached hydrogens (tertiary/aromatic N) is 1. The average Bonchev–Trinajstić information content (AvgIpc) is 3.19. The molecule has 10 heteroatoms. The molecular weight excluding hydrogens is 762 g/mol. The molecule has 0 saturated heterocycles. The van der Waals surface area contributed by atoms with Crippen molar-refractivity contribution >= 4 is 19.8 Å². The van der Waals surface area contributed by atoms with E-state index in [-0.39, 0.29) is 32.0 Å². The largest absolute Gasteiger partial charge is 0.756 e. The molecule has 0 aliphatic rings. The van der Waals surface area contributed by atoms with Crippen LogP contribution in [-0.2, 0) is 32.7 Å². The van der Waals surface area contributed by atoms with Gasteiger partial charge in [0.1, 0.15) is 19.8 Å². The standard InChI is InChI=1S/C49H96NO8P/c1-6-8-10-12-14-16-18-20-22-23-24-25-26-27-28-30-32-34-36-38-40-42-49(52)58-47(46-57-59(53,54)56-44-43-50(3,4)5)45-55-48(51)41-39-37-35-33-31-29-21-19-17-15-13-11-9-7-2/h23-24,47H,6-22,25-46H2,1-5H3/b24-23-. The van der Waals surface area contributed by atoms with Gasteiger partial charge in [0.2, 0.25) is 0 Å². The van der Waals surface area contributed by atoms with Crippen molar-refractivity contribution in [1.29, 1.82) is 0 Å². The van der Waals surface area contributed by atoms with Crippen molar-refractivity contribution in [2.24, 2.45) is 0 Å². The van der Waals surface area contributed by atoms with E-state index in [0.717, 1.165) is 38.5 Å². The highest BCUT2D eigenvalue weighted by Gasteiger charge is 2.21. The van der Waals surface area contributed by atoms with E-state index in [1.54, 1.807) is 0 Å². The minimum Gasteiger partial charge on any atom is -0.756 e. The zero-order valence-electron chi connectivity index (χ0n) is 39.5. The van der Waals surface area contributed by atoms with Crippen LogP contribution in [0.5, 0.6) is 0 Å². The fraction of sp³-hybridized carbons (Fsp3) is 0.918. The first kappa shape index (κ1) is 57.8. The van der Waals surface area contributed by atoms with E-state index >= 15 is 0 Å². The summed E-state index contributed by atoms with van der Waals surface area (Å²) < 4.78 is 34.0. The van der Waals surface area contributed by atoms with Crippen LogP contribution in [0, 0.1) is 0 Å². The Morgan fingerprint density at radius 1 is 0.508 bits per heavy atom. The highest BCUT2D eigenvalue weighted by atomic mass is 31.2. The van der Waals surface area contributed by atoms with Gasteiger partial charge in [-0.1, -0.05) is 199 Å². The minimum atomic E-state index is -4.62. The smallest absolute Gasteiger partial charge is 0.306 e. The predicted molar refractivity (Wildman–Crippen MR) is 245 cm³/mol. The van der Waals surface area contributed by atoms with Gasteiger partial charge in [0, 0.05) is 12.8 Å². The van der Waals surface area contributed by atoms with Crippen molar-refractivity contribution in [2.75, 3.05) is 47.5 Å². The number of phosphoric acid groups is 1. The Labute approximate surface area is 365 Å². The molecule has 0 radical (unpaired) electrons. The number of rotatable bonds is 46. The second-order valence-corrected chi connectivity index (χ2v) is 19.6. The number of carbonyl (C=O) groups excluding carboxylic acids is 2. The number of quaternary nitrogens is 1. The van der Waals surface area contributed by atoms with Crippen molar-refractivity contribution in [3.05, 3.63) is 12.2 Å². The van der Waals surface area contributed by atoms with Crippen LogP contribution in [0.4, 0.5) is 0 Å². The molecule has 0 aromatic carbocycles. The van der Waals surface area contributed by atoms with Crippen LogP contribution in [0.15, 0.2) is 12.2 Å². The summed E-state index contributed by atoms with van der Waals surface area (Å²) in [5.74, 6) is -0.823. The van der Waals surface area contributed by atoms with Gasteiger partial charge in [-0.2, -0.15) is 0 Å². The predicted octanol–water partition coefficient (Wildman–Crippen LogP) is 13.9. The molecule has 9 nitrogen and oxygen atoms in total. The Morgan fingerprint density at radius 3 is 1.25 bits per heavy atom. The number of hydrogen-bond donors (Lipinski definition) is 0. The van der Waals surface area contributed by atoms with Crippen molar-refractivity contribution in [2.45, 2.75) is 245 Å². The molecule has 59 heavy (non-hydrogen) atoms. The number of phosphoric ester groups is 1. The van der Waals surface area contributed by atoms with Crippen LogP contribution in [0.1, 0.15) is 239 Å². The number of likely N-dealkylation sites (N-methyl/N-ethyl adjacent to an activating group) is 1. The average molecular weight is 858 g/mol. The van der Waals surface area contributed by atoms with Crippen LogP contribution < -0.4 is 4.89 Å². The third kappa shape index (κ3) is 46.1. The summed E-state index contributed by atoms with van der Waals surface area (Å²) in [5.41, 5.74) is 0. The van der Waals surface area contributed by atoms with Crippen LogP contribution in [0.3, 0.4) is 0 Å². The van der Waals surface area contributed by atoms with Crippen LogP contribution >= 0.6 is 7.82 Å². The lowest BCUT2D eigenvalue weighted by molar-refractivity contribution is -0.870. The number of hydrogen-bond acceptors (Lipinski definition) is 8. The van der Waals surface area contributed by atoms with Crippen LogP contribution in [0.2, 0.25) is 0 Å². The summed E-state index contributed by atoms with van der Waals surface area (Å²) in [6.45, 7) is 4.26. The molecule has 2 unspecified atom stereocenters. The first-order valence-electron chi connectivity index (χ1n) is 24.9. The van der Waals surface area contributed by atoms with E-state index in [4.69, 9.17) is 18.5 Å². The summed E-state index contributed by atoms with van der Waals surface area (Å²) in [6.07, 6.45) is 45.2. The number of ether oxygens (including phenoxy) is 2. The lowest BCUT2D eigenvalue weighted by atomic mass is 10.0. The maximum Gasteiger partial charge on any atom is 0.306 e. The van der Waals surface area contributed by atoms with E-state index in [1.165, 1.54) is 167 Å². The number of unbranched alkanes of at least 4 members (excludes halogenated alkanes) is 30. The van der Waals surface area contributed by atoms with Crippen LogP contribution in [0.25, 0.3) is 0 Å². The third-order valence-electron chi connectivity index (χ3n) is 11.0. The Bertz CT molecular complexity index is 1020. The van der Waals surface area contributed by atoms with Gasteiger partial charge in [0.25, 0.3) is 7.82 Å². The fourth-order valence-corrected chi connectivity index (χ4v) is 7.85. The van der Waals surface area contributed by atoms with Gasteiger partial charge in [0.05, 0.1) is 27.7 Å². The Morgan fingerprint density at radius 2 is 0.864 bits per heavy atom. The van der Waals surface area contributed by atoms with Gasteiger partial charge < -0.3 is 27.9 Å². The molecule has 0 aromatic rings. The van der Waals surface area contributed by atoms with Gasteiger partial charge in [-0.05, 0) is 38.5 Å². The second-order valence-electron chi connectivity index (χ2n) is 18.2. The lowest BCUT2D eigenvalue weighted by Crippen LogP contribution is -2.37. The molecule has 0 heterocycles. The molecule has 2 atom stereocenters. The molecule has 0 N–H and O–H groups in total. The number of allylic oxidation sites excluding steroid dienone is 2. The molecule has 0 bridgehead atoms. The van der Waals surface area contributed by atoms with E-state index < -0.39 is 26.5 Å². The van der Waals surface area contributed by atoms with E-state index in [0.29, 0.717) is 17.4 Å². The summed E-state index contributed by atoms with van der Waals surface area (Å²) >= 11 is 0. The highest BCUT2D eigenvalue weighted by Crippen LogP contribution is 2.38. The Kier molecular flexibility index (Phi) is 41.2. The first-order valence-corrected chi connectivity index (χ1v) is 26.4. The maximum atomic E-state index is 12.7. The molecule has 0 spiro atoms. The van der Waals surface area contributed by atoms with Crippen molar-refractivity contribution in [3.63, 3.8) is 0 Å². The molecule has 0 rings (SSSR count). The summed E-state index contributed by atoms with van der Waals surface area (Å²) in [4.78, 5) is 37.6. The SMILES string of the molecule is CCCCCCCCCC/C=C\CCCCCCCCCCCC(=O)OC(COC(=O)CCCCCCCCCCCCCCCC)COP(=O)([O-])OCC[N+](C)(C)C. The van der Waals surface area contributed by atoms with Gasteiger partial charge in [-0.25, -0.2) is 0 Å². The first-order chi connectivity index (χ1) is 28.5. The normalized spacial score (nSPS) is 13.5. The lowest BCUT2D eigenvalue weighted by Gasteiger charge is -2.28. The van der Waals surface area contributed by atoms with Gasteiger partial charge in [-0.3, -0.25) is 14.2 Å².